The first-order chi connectivity index (χ1) is 13.4. The van der Waals surface area contributed by atoms with Gasteiger partial charge in [0.2, 0.25) is 0 Å². The first-order valence-corrected chi connectivity index (χ1v) is 8.96. The molecule has 1 aromatic heterocycles. The molecule has 0 unspecified atom stereocenters. The van der Waals surface area contributed by atoms with Crippen molar-refractivity contribution in [1.29, 1.82) is 0 Å². The zero-order valence-electron chi connectivity index (χ0n) is 15.9. The van der Waals surface area contributed by atoms with Crippen molar-refractivity contribution < 1.29 is 9.90 Å². The number of nitrogens with zero attached hydrogens (tertiary/aromatic N) is 2. The number of anilines is 2. The normalized spacial score (nSPS) is 10.5. The van der Waals surface area contributed by atoms with Gasteiger partial charge in [0.15, 0.2) is 0 Å². The highest BCUT2D eigenvalue weighted by Gasteiger charge is 2.14. The molecular weight excluding hydrogens is 354 g/mol. The van der Waals surface area contributed by atoms with Crippen LogP contribution in [0.4, 0.5) is 11.4 Å². The first kappa shape index (κ1) is 19.2. The Labute approximate surface area is 163 Å². The van der Waals surface area contributed by atoms with Gasteiger partial charge in [0.25, 0.3) is 5.56 Å². The average Bonchev–Trinajstić information content (AvgIpc) is 2.69. The molecule has 2 N–H and O–H groups in total. The van der Waals surface area contributed by atoms with Gasteiger partial charge in [0, 0.05) is 48.8 Å². The number of aromatic amines is 1. The van der Waals surface area contributed by atoms with Crippen molar-refractivity contribution >= 4 is 17.3 Å². The molecule has 6 heteroatoms. The minimum absolute atomic E-state index is 0.184. The topological polar surface area (TPSA) is 76.6 Å². The van der Waals surface area contributed by atoms with Gasteiger partial charge in [-0.3, -0.25) is 9.59 Å². The number of hydrogen-bond donors (Lipinski definition) is 2. The number of rotatable bonds is 7. The van der Waals surface area contributed by atoms with E-state index in [-0.39, 0.29) is 18.6 Å². The molecule has 0 saturated carbocycles. The SMILES string of the molecule is CN(C)c1cccc(-c2ccc(CN(CC(=O)O)c3ccccc3)c(=O)[nH]2)c1. The van der Waals surface area contributed by atoms with E-state index in [4.69, 9.17) is 0 Å². The summed E-state index contributed by atoms with van der Waals surface area (Å²) in [5, 5.41) is 9.22. The fourth-order valence-electron chi connectivity index (χ4n) is 2.99. The Bertz CT molecular complexity index is 1010. The number of aliphatic carboxylic acids is 1. The third-order valence-corrected chi connectivity index (χ3v) is 4.47. The molecule has 1 heterocycles. The van der Waals surface area contributed by atoms with Crippen molar-refractivity contribution in [2.75, 3.05) is 30.4 Å². The summed E-state index contributed by atoms with van der Waals surface area (Å²) in [5.74, 6) is -0.947. The zero-order chi connectivity index (χ0) is 20.1. The predicted octanol–water partition coefficient (Wildman–Crippen LogP) is 3.20. The average molecular weight is 377 g/mol. The molecule has 6 nitrogen and oxygen atoms in total. The molecular formula is C22H23N3O3. The molecule has 28 heavy (non-hydrogen) atoms. The third-order valence-electron chi connectivity index (χ3n) is 4.47. The van der Waals surface area contributed by atoms with E-state index in [2.05, 4.69) is 4.98 Å². The van der Waals surface area contributed by atoms with E-state index in [1.807, 2.05) is 79.7 Å². The maximum atomic E-state index is 12.6. The third kappa shape index (κ3) is 4.59. The molecule has 0 bridgehead atoms. The molecule has 0 aliphatic heterocycles. The number of aromatic nitrogens is 1. The van der Waals surface area contributed by atoms with Crippen LogP contribution in [0.1, 0.15) is 5.56 Å². The summed E-state index contributed by atoms with van der Waals surface area (Å²) < 4.78 is 0. The van der Waals surface area contributed by atoms with Crippen molar-refractivity contribution in [2.45, 2.75) is 6.54 Å². The van der Waals surface area contributed by atoms with Crippen molar-refractivity contribution in [1.82, 2.24) is 4.98 Å². The van der Waals surface area contributed by atoms with E-state index in [9.17, 15) is 14.7 Å². The molecule has 3 aromatic rings. The van der Waals surface area contributed by atoms with Gasteiger partial charge in [-0.2, -0.15) is 0 Å². The number of hydrogen-bond acceptors (Lipinski definition) is 4. The quantitative estimate of drug-likeness (QED) is 0.661. The monoisotopic (exact) mass is 377 g/mol. The highest BCUT2D eigenvalue weighted by atomic mass is 16.4. The lowest BCUT2D eigenvalue weighted by Crippen LogP contribution is -2.31. The van der Waals surface area contributed by atoms with Gasteiger partial charge < -0.3 is 19.9 Å². The van der Waals surface area contributed by atoms with E-state index >= 15 is 0 Å². The molecule has 3 rings (SSSR count). The van der Waals surface area contributed by atoms with Crippen LogP contribution < -0.4 is 15.4 Å². The fraction of sp³-hybridized carbons (Fsp3) is 0.182. The van der Waals surface area contributed by atoms with Gasteiger partial charge in [-0.15, -0.1) is 0 Å². The molecule has 2 aromatic carbocycles. The minimum atomic E-state index is -0.947. The number of pyridine rings is 1. The Hall–Kier alpha value is -3.54. The zero-order valence-corrected chi connectivity index (χ0v) is 15.9. The number of H-pyrrole nitrogens is 1. The van der Waals surface area contributed by atoms with Crippen molar-refractivity contribution in [3.8, 4) is 11.3 Å². The molecule has 0 amide bonds. The second-order valence-corrected chi connectivity index (χ2v) is 6.76. The molecule has 0 fully saturated rings. The smallest absolute Gasteiger partial charge is 0.323 e. The highest BCUT2D eigenvalue weighted by Crippen LogP contribution is 2.22. The van der Waals surface area contributed by atoms with Crippen LogP contribution in [-0.2, 0) is 11.3 Å². The van der Waals surface area contributed by atoms with Gasteiger partial charge in [0.05, 0.1) is 0 Å². The van der Waals surface area contributed by atoms with Gasteiger partial charge in [0.1, 0.15) is 6.54 Å². The Morgan fingerprint density at radius 1 is 0.964 bits per heavy atom. The summed E-state index contributed by atoms with van der Waals surface area (Å²) >= 11 is 0. The molecule has 0 saturated heterocycles. The van der Waals surface area contributed by atoms with Gasteiger partial charge in [-0.05, 0) is 36.4 Å². The van der Waals surface area contributed by atoms with Crippen LogP contribution in [0.2, 0.25) is 0 Å². The second kappa shape index (κ2) is 8.43. The maximum absolute atomic E-state index is 12.6. The van der Waals surface area contributed by atoms with E-state index in [1.165, 1.54) is 0 Å². The number of benzene rings is 2. The second-order valence-electron chi connectivity index (χ2n) is 6.76. The van der Waals surface area contributed by atoms with Crippen molar-refractivity contribution in [3.63, 3.8) is 0 Å². The van der Waals surface area contributed by atoms with E-state index in [1.54, 1.807) is 11.0 Å². The van der Waals surface area contributed by atoms with Crippen molar-refractivity contribution in [3.05, 3.63) is 82.6 Å². The predicted molar refractivity (Wildman–Crippen MR) is 112 cm³/mol. The summed E-state index contributed by atoms with van der Waals surface area (Å²) in [5.41, 5.74) is 3.73. The van der Waals surface area contributed by atoms with E-state index in [0.717, 1.165) is 22.6 Å². The Morgan fingerprint density at radius 2 is 1.68 bits per heavy atom. The number of carboxylic acid groups (broad SMARTS) is 1. The lowest BCUT2D eigenvalue weighted by atomic mass is 10.1. The molecule has 0 spiro atoms. The van der Waals surface area contributed by atoms with Crippen LogP contribution in [0, 0.1) is 0 Å². The van der Waals surface area contributed by atoms with Gasteiger partial charge in [-0.25, -0.2) is 0 Å². The van der Waals surface area contributed by atoms with Crippen LogP contribution in [0.3, 0.4) is 0 Å². The lowest BCUT2D eigenvalue weighted by Gasteiger charge is -2.22. The summed E-state index contributed by atoms with van der Waals surface area (Å²) in [6.07, 6.45) is 0. The molecule has 0 atom stereocenters. The largest absolute Gasteiger partial charge is 0.480 e. The first-order valence-electron chi connectivity index (χ1n) is 8.96. The van der Waals surface area contributed by atoms with Gasteiger partial charge in [-0.1, -0.05) is 30.3 Å². The van der Waals surface area contributed by atoms with Crippen LogP contribution >= 0.6 is 0 Å². The maximum Gasteiger partial charge on any atom is 0.323 e. The molecule has 0 radical (unpaired) electrons. The highest BCUT2D eigenvalue weighted by molar-refractivity contribution is 5.73. The number of para-hydroxylation sites is 1. The summed E-state index contributed by atoms with van der Waals surface area (Å²) in [6, 6.07) is 20.7. The molecule has 144 valence electrons. The minimum Gasteiger partial charge on any atom is -0.480 e. The lowest BCUT2D eigenvalue weighted by molar-refractivity contribution is -0.135. The Morgan fingerprint density at radius 3 is 2.32 bits per heavy atom. The van der Waals surface area contributed by atoms with Crippen LogP contribution in [0.5, 0.6) is 0 Å². The summed E-state index contributed by atoms with van der Waals surface area (Å²) in [7, 11) is 3.93. The number of carboxylic acids is 1. The van der Waals surface area contributed by atoms with E-state index in [0.29, 0.717) is 5.56 Å². The summed E-state index contributed by atoms with van der Waals surface area (Å²) in [6.45, 7) is 0.0275. The Kier molecular flexibility index (Phi) is 5.79. The van der Waals surface area contributed by atoms with Gasteiger partial charge >= 0.3 is 5.97 Å². The number of nitrogens with one attached hydrogen (secondary N) is 1. The fourth-order valence-corrected chi connectivity index (χ4v) is 2.99. The summed E-state index contributed by atoms with van der Waals surface area (Å²) in [4.78, 5) is 30.5. The van der Waals surface area contributed by atoms with Crippen LogP contribution in [-0.4, -0.2) is 36.7 Å². The van der Waals surface area contributed by atoms with E-state index < -0.39 is 5.97 Å². The number of carbonyl (C=O) groups is 1. The van der Waals surface area contributed by atoms with Crippen molar-refractivity contribution in [2.24, 2.45) is 0 Å². The van der Waals surface area contributed by atoms with Crippen LogP contribution in [0.25, 0.3) is 11.3 Å². The Balaban J connectivity index is 1.88. The molecule has 0 aliphatic rings. The standard InChI is InChI=1S/C22H23N3O3/c1-24(2)19-10-6-7-16(13-19)20-12-11-17(22(28)23-20)14-25(15-21(26)27)18-8-4-3-5-9-18/h3-13H,14-15H2,1-2H3,(H,23,28)(H,26,27). The van der Waals surface area contributed by atoms with Crippen LogP contribution in [0.15, 0.2) is 71.5 Å². The molecule has 0 aliphatic carbocycles.